The molecule has 124 valence electrons. The lowest BCUT2D eigenvalue weighted by Crippen LogP contribution is -2.54. The third-order valence-electron chi connectivity index (χ3n) is 4.03. The van der Waals surface area contributed by atoms with Gasteiger partial charge in [-0.1, -0.05) is 0 Å². The van der Waals surface area contributed by atoms with Gasteiger partial charge < -0.3 is 14.9 Å². The van der Waals surface area contributed by atoms with E-state index in [0.29, 0.717) is 36.8 Å². The van der Waals surface area contributed by atoms with Crippen LogP contribution in [0.1, 0.15) is 12.5 Å². The molecule has 2 aromatic rings. The largest absolute Gasteiger partial charge is 0.465 e. The molecular weight excluding hydrogens is 310 g/mol. The smallest absolute Gasteiger partial charge is 0.407 e. The first-order chi connectivity index (χ1) is 11.5. The third-order valence-corrected chi connectivity index (χ3v) is 4.03. The van der Waals surface area contributed by atoms with E-state index in [2.05, 4.69) is 21.1 Å². The van der Waals surface area contributed by atoms with Crippen LogP contribution in [0.25, 0.3) is 11.3 Å². The minimum absolute atomic E-state index is 0.155. The van der Waals surface area contributed by atoms with Crippen molar-refractivity contribution in [2.45, 2.75) is 13.0 Å². The van der Waals surface area contributed by atoms with Crippen LogP contribution in [0.4, 0.5) is 10.7 Å². The fourth-order valence-electron chi connectivity index (χ4n) is 2.79. The molecule has 3 heterocycles. The maximum absolute atomic E-state index is 11.2. The summed E-state index contributed by atoms with van der Waals surface area (Å²) in [6, 6.07) is 1.94. The van der Waals surface area contributed by atoms with E-state index < -0.39 is 6.09 Å². The second-order valence-electron chi connectivity index (χ2n) is 5.72. The second-order valence-corrected chi connectivity index (χ2v) is 5.72. The van der Waals surface area contributed by atoms with Crippen molar-refractivity contribution in [3.8, 4) is 17.3 Å². The van der Waals surface area contributed by atoms with Gasteiger partial charge in [-0.05, 0) is 6.92 Å². The monoisotopic (exact) mass is 327 g/mol. The van der Waals surface area contributed by atoms with Gasteiger partial charge in [-0.2, -0.15) is 10.4 Å². The number of carbonyl (C=O) groups is 1. The summed E-state index contributed by atoms with van der Waals surface area (Å²) in [6.45, 7) is 3.26. The number of rotatable bonds is 2. The van der Waals surface area contributed by atoms with Crippen molar-refractivity contribution in [2.24, 2.45) is 7.05 Å². The Morgan fingerprint density at radius 1 is 1.42 bits per heavy atom. The van der Waals surface area contributed by atoms with Gasteiger partial charge in [-0.25, -0.2) is 14.8 Å². The molecule has 1 aliphatic heterocycles. The summed E-state index contributed by atoms with van der Waals surface area (Å²) < 4.78 is 1.64. The van der Waals surface area contributed by atoms with Gasteiger partial charge in [0.1, 0.15) is 6.07 Å². The predicted octanol–water partition coefficient (Wildman–Crippen LogP) is 0.937. The van der Waals surface area contributed by atoms with Crippen molar-refractivity contribution in [1.82, 2.24) is 24.6 Å². The van der Waals surface area contributed by atoms with Gasteiger partial charge in [0.05, 0.1) is 23.7 Å². The number of nitrogens with zero attached hydrogens (tertiary/aromatic N) is 7. The van der Waals surface area contributed by atoms with Crippen molar-refractivity contribution in [1.29, 1.82) is 5.26 Å². The van der Waals surface area contributed by atoms with Crippen LogP contribution < -0.4 is 4.90 Å². The van der Waals surface area contributed by atoms with E-state index in [1.54, 1.807) is 24.1 Å². The van der Waals surface area contributed by atoms with Crippen molar-refractivity contribution < 1.29 is 9.90 Å². The van der Waals surface area contributed by atoms with Gasteiger partial charge in [0.25, 0.3) is 0 Å². The molecule has 0 aliphatic carbocycles. The minimum Gasteiger partial charge on any atom is -0.465 e. The quantitative estimate of drug-likeness (QED) is 0.873. The Morgan fingerprint density at radius 3 is 2.79 bits per heavy atom. The van der Waals surface area contributed by atoms with Gasteiger partial charge in [-0.15, -0.1) is 0 Å². The summed E-state index contributed by atoms with van der Waals surface area (Å²) >= 11 is 0. The van der Waals surface area contributed by atoms with E-state index in [0.717, 1.165) is 5.56 Å². The Kier molecular flexibility index (Phi) is 4.04. The number of carboxylic acid groups (broad SMARTS) is 1. The lowest BCUT2D eigenvalue weighted by atomic mass is 10.1. The third kappa shape index (κ3) is 2.86. The average molecular weight is 327 g/mol. The number of amides is 1. The molecule has 0 spiro atoms. The molecule has 1 atom stereocenters. The molecule has 0 unspecified atom stereocenters. The number of piperazine rings is 1. The maximum atomic E-state index is 11.2. The molecule has 24 heavy (non-hydrogen) atoms. The summed E-state index contributed by atoms with van der Waals surface area (Å²) in [5.41, 5.74) is 1.66. The highest BCUT2D eigenvalue weighted by Crippen LogP contribution is 2.23. The molecule has 1 fully saturated rings. The highest BCUT2D eigenvalue weighted by molar-refractivity contribution is 5.67. The number of anilines is 1. The molecule has 1 saturated heterocycles. The van der Waals surface area contributed by atoms with E-state index in [9.17, 15) is 10.1 Å². The molecule has 1 amide bonds. The standard InChI is InChI=1S/C15H17N7O2/c1-10-8-21(3-4-22(10)15(23)24)14-17-6-11(5-16)13(19-14)12-7-18-20(2)9-12/h6-7,9-10H,3-4,8H2,1-2H3,(H,23,24)/t10-/m1/s1. The Labute approximate surface area is 138 Å². The van der Waals surface area contributed by atoms with Crippen LogP contribution in [-0.2, 0) is 7.05 Å². The van der Waals surface area contributed by atoms with Crippen LogP contribution in [0.3, 0.4) is 0 Å². The van der Waals surface area contributed by atoms with Crippen molar-refractivity contribution in [2.75, 3.05) is 24.5 Å². The zero-order valence-corrected chi connectivity index (χ0v) is 13.4. The Balaban J connectivity index is 1.90. The Bertz CT molecular complexity index is 810. The second kappa shape index (κ2) is 6.16. The summed E-state index contributed by atoms with van der Waals surface area (Å²) in [6.07, 6.45) is 4.02. The topological polar surface area (TPSA) is 111 Å². The highest BCUT2D eigenvalue weighted by Gasteiger charge is 2.28. The number of hydrogen-bond acceptors (Lipinski definition) is 6. The Morgan fingerprint density at radius 2 is 2.21 bits per heavy atom. The lowest BCUT2D eigenvalue weighted by molar-refractivity contribution is 0.122. The SMILES string of the molecule is C[C@@H]1CN(c2ncc(C#N)c(-c3cnn(C)c3)n2)CCN1C(=O)O. The summed E-state index contributed by atoms with van der Waals surface area (Å²) in [5.74, 6) is 0.491. The summed E-state index contributed by atoms with van der Waals surface area (Å²) in [7, 11) is 1.80. The lowest BCUT2D eigenvalue weighted by Gasteiger charge is -2.38. The molecule has 1 aliphatic rings. The summed E-state index contributed by atoms with van der Waals surface area (Å²) in [4.78, 5) is 23.3. The molecule has 1 N–H and O–H groups in total. The predicted molar refractivity (Wildman–Crippen MR) is 85.4 cm³/mol. The maximum Gasteiger partial charge on any atom is 0.407 e. The molecule has 2 aromatic heterocycles. The molecule has 0 saturated carbocycles. The van der Waals surface area contributed by atoms with Crippen LogP contribution in [0.2, 0.25) is 0 Å². The van der Waals surface area contributed by atoms with Crippen molar-refractivity contribution in [3.05, 3.63) is 24.2 Å². The molecule has 9 heteroatoms. The number of aromatic nitrogens is 4. The van der Waals surface area contributed by atoms with Gasteiger partial charge in [0, 0.05) is 44.5 Å². The van der Waals surface area contributed by atoms with Gasteiger partial charge >= 0.3 is 6.09 Å². The normalized spacial score (nSPS) is 17.6. The molecule has 0 aromatic carbocycles. The van der Waals surface area contributed by atoms with Crippen LogP contribution in [-0.4, -0.2) is 61.5 Å². The highest BCUT2D eigenvalue weighted by atomic mass is 16.4. The number of nitriles is 1. The zero-order valence-electron chi connectivity index (χ0n) is 13.4. The van der Waals surface area contributed by atoms with Gasteiger partial charge in [0.15, 0.2) is 0 Å². The number of aryl methyl sites for hydroxylation is 1. The van der Waals surface area contributed by atoms with E-state index in [-0.39, 0.29) is 6.04 Å². The van der Waals surface area contributed by atoms with Crippen LogP contribution >= 0.6 is 0 Å². The van der Waals surface area contributed by atoms with E-state index in [4.69, 9.17) is 5.11 Å². The summed E-state index contributed by atoms with van der Waals surface area (Å²) in [5, 5.41) is 22.6. The first kappa shape index (κ1) is 15.7. The van der Waals surface area contributed by atoms with Gasteiger partial charge in [-0.3, -0.25) is 4.68 Å². The van der Waals surface area contributed by atoms with E-state index >= 15 is 0 Å². The first-order valence-electron chi connectivity index (χ1n) is 7.50. The van der Waals surface area contributed by atoms with Crippen molar-refractivity contribution >= 4 is 12.0 Å². The first-order valence-corrected chi connectivity index (χ1v) is 7.50. The molecule has 0 bridgehead atoms. The zero-order chi connectivity index (χ0) is 17.3. The molecule has 0 radical (unpaired) electrons. The van der Waals surface area contributed by atoms with Crippen LogP contribution in [0.5, 0.6) is 0 Å². The van der Waals surface area contributed by atoms with E-state index in [1.807, 2.05) is 11.8 Å². The Hall–Kier alpha value is -3.15. The minimum atomic E-state index is -0.918. The van der Waals surface area contributed by atoms with Crippen LogP contribution in [0, 0.1) is 11.3 Å². The molecular formula is C15H17N7O2. The number of hydrogen-bond donors (Lipinski definition) is 1. The average Bonchev–Trinajstić information content (AvgIpc) is 3.00. The van der Waals surface area contributed by atoms with Crippen molar-refractivity contribution in [3.63, 3.8) is 0 Å². The molecule has 9 nitrogen and oxygen atoms in total. The van der Waals surface area contributed by atoms with Crippen LogP contribution in [0.15, 0.2) is 18.6 Å². The fraction of sp³-hybridized carbons (Fsp3) is 0.400. The fourth-order valence-corrected chi connectivity index (χ4v) is 2.79. The molecule has 3 rings (SSSR count). The van der Waals surface area contributed by atoms with E-state index in [1.165, 1.54) is 11.1 Å². The van der Waals surface area contributed by atoms with Gasteiger partial charge in [0.2, 0.25) is 5.95 Å².